The summed E-state index contributed by atoms with van der Waals surface area (Å²) in [6.07, 6.45) is 8.86. The van der Waals surface area contributed by atoms with E-state index in [2.05, 4.69) is 64.5 Å². The molecule has 0 radical (unpaired) electrons. The number of benzene rings is 1. The molecule has 0 saturated carbocycles. The largest absolute Gasteiger partial charge is 0.352 e. The Labute approximate surface area is 162 Å². The summed E-state index contributed by atoms with van der Waals surface area (Å²) in [7, 11) is 0. The second-order valence-corrected chi connectivity index (χ2v) is 8.06. The molecule has 5 nitrogen and oxygen atoms in total. The molecule has 144 valence electrons. The SMILES string of the molecule is C#CCCC1(CCC(=O)NC2CC(C)CN(Cc3ccccc3)C2C)N=N1. The average molecular weight is 367 g/mol. The summed E-state index contributed by atoms with van der Waals surface area (Å²) in [4.78, 5) is 15.0. The molecule has 1 amide bonds. The Kier molecular flexibility index (Phi) is 6.28. The van der Waals surface area contributed by atoms with Gasteiger partial charge in [0.15, 0.2) is 5.66 Å². The van der Waals surface area contributed by atoms with E-state index in [9.17, 15) is 4.79 Å². The van der Waals surface area contributed by atoms with Crippen LogP contribution in [0.4, 0.5) is 0 Å². The van der Waals surface area contributed by atoms with Crippen LogP contribution < -0.4 is 5.32 Å². The molecular formula is C22H30N4O. The third-order valence-corrected chi connectivity index (χ3v) is 5.74. The number of nitrogens with zero attached hydrogens (tertiary/aromatic N) is 3. The van der Waals surface area contributed by atoms with E-state index in [0.29, 0.717) is 31.2 Å². The summed E-state index contributed by atoms with van der Waals surface area (Å²) in [5, 5.41) is 11.5. The van der Waals surface area contributed by atoms with Gasteiger partial charge in [0.1, 0.15) is 0 Å². The van der Waals surface area contributed by atoms with Crippen molar-refractivity contribution in [3.05, 3.63) is 35.9 Å². The Morgan fingerprint density at radius 1 is 1.30 bits per heavy atom. The van der Waals surface area contributed by atoms with Gasteiger partial charge in [0.05, 0.1) is 0 Å². The van der Waals surface area contributed by atoms with Crippen LogP contribution >= 0.6 is 0 Å². The molecule has 2 aliphatic heterocycles. The molecule has 1 aromatic carbocycles. The molecule has 1 fully saturated rings. The minimum absolute atomic E-state index is 0.0954. The van der Waals surface area contributed by atoms with E-state index >= 15 is 0 Å². The van der Waals surface area contributed by atoms with Crippen molar-refractivity contribution in [2.24, 2.45) is 16.1 Å². The van der Waals surface area contributed by atoms with Crippen LogP contribution in [0.25, 0.3) is 0 Å². The van der Waals surface area contributed by atoms with Crippen molar-refractivity contribution >= 4 is 5.91 Å². The van der Waals surface area contributed by atoms with E-state index in [1.54, 1.807) is 0 Å². The van der Waals surface area contributed by atoms with Crippen LogP contribution in [-0.2, 0) is 11.3 Å². The normalized spacial score (nSPS) is 26.3. The topological polar surface area (TPSA) is 57.1 Å². The number of likely N-dealkylation sites (tertiary alicyclic amines) is 1. The Morgan fingerprint density at radius 3 is 2.70 bits per heavy atom. The molecule has 27 heavy (non-hydrogen) atoms. The predicted molar refractivity (Wildman–Crippen MR) is 107 cm³/mol. The predicted octanol–water partition coefficient (Wildman–Crippen LogP) is 3.76. The van der Waals surface area contributed by atoms with Gasteiger partial charge in [-0.25, -0.2) is 0 Å². The number of rotatable bonds is 8. The molecule has 0 aromatic heterocycles. The molecule has 1 aromatic rings. The van der Waals surface area contributed by atoms with E-state index in [4.69, 9.17) is 6.42 Å². The summed E-state index contributed by atoms with van der Waals surface area (Å²) < 4.78 is 0. The van der Waals surface area contributed by atoms with Gasteiger partial charge in [0.2, 0.25) is 5.91 Å². The van der Waals surface area contributed by atoms with E-state index in [0.717, 1.165) is 25.9 Å². The van der Waals surface area contributed by atoms with Crippen molar-refractivity contribution in [2.45, 2.75) is 70.2 Å². The lowest BCUT2D eigenvalue weighted by Gasteiger charge is -2.42. The van der Waals surface area contributed by atoms with Crippen LogP contribution in [0.2, 0.25) is 0 Å². The van der Waals surface area contributed by atoms with Gasteiger partial charge in [-0.1, -0.05) is 37.3 Å². The minimum Gasteiger partial charge on any atom is -0.352 e. The van der Waals surface area contributed by atoms with E-state index in [1.807, 2.05) is 6.07 Å². The summed E-state index contributed by atoms with van der Waals surface area (Å²) in [6.45, 7) is 6.47. The van der Waals surface area contributed by atoms with Gasteiger partial charge in [0, 0.05) is 50.9 Å². The smallest absolute Gasteiger partial charge is 0.220 e. The van der Waals surface area contributed by atoms with Crippen LogP contribution in [0, 0.1) is 18.3 Å². The standard InChI is InChI=1S/C22H30N4O/c1-4-5-12-22(24-25-22)13-11-21(27)23-20-14-17(2)15-26(18(20)3)16-19-9-7-6-8-10-19/h1,6-10,17-18,20H,5,11-16H2,2-3H3,(H,23,27). The summed E-state index contributed by atoms with van der Waals surface area (Å²) >= 11 is 0. The maximum atomic E-state index is 12.5. The van der Waals surface area contributed by atoms with Gasteiger partial charge in [-0.05, 0) is 24.8 Å². The van der Waals surface area contributed by atoms with Crippen LogP contribution in [0.15, 0.2) is 40.6 Å². The quantitative estimate of drug-likeness (QED) is 0.712. The van der Waals surface area contributed by atoms with Crippen LogP contribution in [-0.4, -0.2) is 35.1 Å². The highest BCUT2D eigenvalue weighted by Gasteiger charge is 2.39. The molecule has 3 rings (SSSR count). The number of piperidine rings is 1. The first-order valence-corrected chi connectivity index (χ1v) is 9.96. The van der Waals surface area contributed by atoms with Crippen molar-refractivity contribution in [1.82, 2.24) is 10.2 Å². The lowest BCUT2D eigenvalue weighted by Crippen LogP contribution is -2.55. The second kappa shape index (κ2) is 8.67. The maximum absolute atomic E-state index is 12.5. The number of carbonyl (C=O) groups excluding carboxylic acids is 1. The molecule has 0 aliphatic carbocycles. The fourth-order valence-electron chi connectivity index (χ4n) is 3.99. The van der Waals surface area contributed by atoms with Crippen molar-refractivity contribution in [3.63, 3.8) is 0 Å². The molecule has 0 bridgehead atoms. The molecular weight excluding hydrogens is 336 g/mol. The number of carbonyl (C=O) groups is 1. The Balaban J connectivity index is 1.51. The Hall–Kier alpha value is -2.19. The fourth-order valence-corrected chi connectivity index (χ4v) is 3.99. The van der Waals surface area contributed by atoms with Crippen LogP contribution in [0.3, 0.4) is 0 Å². The first kappa shape index (κ1) is 19.6. The number of terminal acetylenes is 1. The summed E-state index contributed by atoms with van der Waals surface area (Å²) in [5.41, 5.74) is 0.935. The number of amides is 1. The summed E-state index contributed by atoms with van der Waals surface area (Å²) in [6, 6.07) is 11.0. The monoisotopic (exact) mass is 366 g/mol. The van der Waals surface area contributed by atoms with Gasteiger partial charge in [-0.15, -0.1) is 12.3 Å². The molecule has 0 spiro atoms. The van der Waals surface area contributed by atoms with Crippen molar-refractivity contribution in [3.8, 4) is 12.3 Å². The lowest BCUT2D eigenvalue weighted by atomic mass is 9.89. The molecule has 1 saturated heterocycles. The van der Waals surface area contributed by atoms with Gasteiger partial charge in [0.25, 0.3) is 0 Å². The van der Waals surface area contributed by atoms with Crippen molar-refractivity contribution < 1.29 is 4.79 Å². The zero-order valence-electron chi connectivity index (χ0n) is 16.4. The number of hydrogen-bond acceptors (Lipinski definition) is 4. The summed E-state index contributed by atoms with van der Waals surface area (Å²) in [5.74, 6) is 3.28. The highest BCUT2D eigenvalue weighted by atomic mass is 16.1. The first-order valence-electron chi connectivity index (χ1n) is 9.96. The highest BCUT2D eigenvalue weighted by Crippen LogP contribution is 2.37. The van der Waals surface area contributed by atoms with Gasteiger partial charge in [-0.2, -0.15) is 10.2 Å². The molecule has 2 heterocycles. The van der Waals surface area contributed by atoms with E-state index < -0.39 is 0 Å². The zero-order chi connectivity index (χ0) is 19.3. The van der Waals surface area contributed by atoms with E-state index in [-0.39, 0.29) is 17.6 Å². The molecule has 5 heteroatoms. The number of nitrogens with one attached hydrogen (secondary N) is 1. The van der Waals surface area contributed by atoms with Crippen molar-refractivity contribution in [1.29, 1.82) is 0 Å². The van der Waals surface area contributed by atoms with Gasteiger partial charge >= 0.3 is 0 Å². The third-order valence-electron chi connectivity index (χ3n) is 5.74. The second-order valence-electron chi connectivity index (χ2n) is 8.06. The number of hydrogen-bond donors (Lipinski definition) is 1. The molecule has 1 N–H and O–H groups in total. The lowest BCUT2D eigenvalue weighted by molar-refractivity contribution is -0.123. The molecule has 2 aliphatic rings. The average Bonchev–Trinajstić information content (AvgIpc) is 3.43. The first-order chi connectivity index (χ1) is 13.0. The van der Waals surface area contributed by atoms with E-state index in [1.165, 1.54) is 5.56 Å². The Bertz CT molecular complexity index is 703. The van der Waals surface area contributed by atoms with Gasteiger partial charge < -0.3 is 5.32 Å². The third kappa shape index (κ3) is 5.40. The fraction of sp³-hybridized carbons (Fsp3) is 0.591. The Morgan fingerprint density at radius 2 is 2.04 bits per heavy atom. The van der Waals surface area contributed by atoms with Crippen LogP contribution in [0.5, 0.6) is 0 Å². The highest BCUT2D eigenvalue weighted by molar-refractivity contribution is 5.76. The maximum Gasteiger partial charge on any atom is 0.220 e. The zero-order valence-corrected chi connectivity index (χ0v) is 16.4. The molecule has 3 atom stereocenters. The van der Waals surface area contributed by atoms with Gasteiger partial charge in [-0.3, -0.25) is 9.69 Å². The van der Waals surface area contributed by atoms with Crippen molar-refractivity contribution in [2.75, 3.05) is 6.54 Å². The minimum atomic E-state index is -0.380. The van der Waals surface area contributed by atoms with Crippen LogP contribution in [0.1, 0.15) is 51.5 Å². The molecule has 3 unspecified atom stereocenters.